The molecule has 1 aliphatic heterocycles. The molecule has 0 fully saturated rings. The summed E-state index contributed by atoms with van der Waals surface area (Å²) >= 11 is 0. The first-order chi connectivity index (χ1) is 13.1. The lowest BCUT2D eigenvalue weighted by Crippen LogP contribution is -2.34. The zero-order valence-electron chi connectivity index (χ0n) is 14.1. The number of hydrogen-bond donors (Lipinski definition) is 1. The number of fused-ring (bicyclic) bond motifs is 1. The topological polar surface area (TPSA) is 173 Å². The number of esters is 1. The Labute approximate surface area is 152 Å². The lowest BCUT2D eigenvalue weighted by Gasteiger charge is -2.23. The predicted molar refractivity (Wildman–Crippen MR) is 91.3 cm³/mol. The number of carbonyl (C=O) groups excluding carboxylic acids is 2. The molecule has 0 spiro atoms. The molecular formula is C15H13N9O3. The first kappa shape index (κ1) is 17.8. The van der Waals surface area contributed by atoms with E-state index in [1.165, 1.54) is 36.4 Å². The number of amides is 1. The van der Waals surface area contributed by atoms with Crippen LogP contribution in [0.1, 0.15) is 33.2 Å². The Hall–Kier alpha value is -4.01. The van der Waals surface area contributed by atoms with E-state index in [-0.39, 0.29) is 24.3 Å². The third-order valence-electron chi connectivity index (χ3n) is 4.07. The molecule has 12 nitrogen and oxygen atoms in total. The van der Waals surface area contributed by atoms with Crippen LogP contribution in [0.15, 0.2) is 34.6 Å². The minimum Gasteiger partial charge on any atom is -0.467 e. The highest BCUT2D eigenvalue weighted by Crippen LogP contribution is 2.35. The molecule has 1 aromatic heterocycles. The van der Waals surface area contributed by atoms with E-state index < -0.39 is 17.9 Å². The smallest absolute Gasteiger partial charge is 0.333 e. The molecule has 0 bridgehead atoms. The van der Waals surface area contributed by atoms with Gasteiger partial charge in [-0.2, -0.15) is 5.10 Å². The van der Waals surface area contributed by atoms with Gasteiger partial charge in [0.15, 0.2) is 6.04 Å². The Bertz CT molecular complexity index is 1000. The molecule has 2 heterocycles. The fourth-order valence-electron chi connectivity index (χ4n) is 2.95. The summed E-state index contributed by atoms with van der Waals surface area (Å²) in [4.78, 5) is 32.0. The van der Waals surface area contributed by atoms with E-state index in [1.807, 2.05) is 0 Å². The van der Waals surface area contributed by atoms with Crippen LogP contribution < -0.4 is 0 Å². The van der Waals surface area contributed by atoms with Gasteiger partial charge in [0.2, 0.25) is 0 Å². The van der Waals surface area contributed by atoms with Crippen molar-refractivity contribution < 1.29 is 14.3 Å². The van der Waals surface area contributed by atoms with Crippen LogP contribution in [0, 0.1) is 0 Å². The molecule has 1 unspecified atom stereocenters. The summed E-state index contributed by atoms with van der Waals surface area (Å²) < 4.78 is 4.82. The third-order valence-corrected chi connectivity index (χ3v) is 4.07. The van der Waals surface area contributed by atoms with Crippen LogP contribution in [0.25, 0.3) is 20.9 Å². The summed E-state index contributed by atoms with van der Waals surface area (Å²) in [5.74, 6) is -1.06. The fourth-order valence-corrected chi connectivity index (χ4v) is 2.95. The molecule has 0 radical (unpaired) electrons. The number of ether oxygens (including phenoxy) is 1. The fraction of sp³-hybridized carbons (Fsp3) is 0.267. The van der Waals surface area contributed by atoms with Crippen molar-refractivity contribution in [3.05, 3.63) is 67.7 Å². The highest BCUT2D eigenvalue weighted by Gasteiger charge is 2.41. The van der Waals surface area contributed by atoms with Crippen LogP contribution >= 0.6 is 0 Å². The minimum absolute atomic E-state index is 0.0189. The van der Waals surface area contributed by atoms with Crippen LogP contribution in [-0.2, 0) is 22.6 Å². The summed E-state index contributed by atoms with van der Waals surface area (Å²) in [5, 5.41) is 13.6. The number of nitrogens with one attached hydrogen (secondary N) is 1. The summed E-state index contributed by atoms with van der Waals surface area (Å²) in [7, 11) is 1.24. The molecular weight excluding hydrogens is 354 g/mol. The molecule has 1 aromatic carbocycles. The van der Waals surface area contributed by atoms with Crippen molar-refractivity contribution in [1.29, 1.82) is 0 Å². The Balaban J connectivity index is 2.00. The van der Waals surface area contributed by atoms with Crippen LogP contribution in [0.5, 0.6) is 0 Å². The van der Waals surface area contributed by atoms with Crippen molar-refractivity contribution in [3.63, 3.8) is 0 Å². The Morgan fingerprint density at radius 3 is 2.89 bits per heavy atom. The van der Waals surface area contributed by atoms with E-state index in [0.717, 1.165) is 0 Å². The average Bonchev–Trinajstić information content (AvgIpc) is 3.26. The van der Waals surface area contributed by atoms with Gasteiger partial charge in [-0.05, 0) is 34.8 Å². The molecule has 136 valence electrons. The van der Waals surface area contributed by atoms with Gasteiger partial charge in [0, 0.05) is 26.6 Å². The van der Waals surface area contributed by atoms with Crippen molar-refractivity contribution >= 4 is 17.6 Å². The van der Waals surface area contributed by atoms with Crippen LogP contribution in [0.3, 0.4) is 0 Å². The van der Waals surface area contributed by atoms with Gasteiger partial charge in [0.25, 0.3) is 5.91 Å². The lowest BCUT2D eigenvalue weighted by molar-refractivity contribution is -0.145. The highest BCUT2D eigenvalue weighted by atomic mass is 16.5. The number of H-pyrrole nitrogens is 1. The zero-order valence-corrected chi connectivity index (χ0v) is 14.1. The highest BCUT2D eigenvalue weighted by molar-refractivity contribution is 5.98. The van der Waals surface area contributed by atoms with Gasteiger partial charge < -0.3 is 9.64 Å². The molecule has 1 amide bonds. The Morgan fingerprint density at radius 2 is 2.19 bits per heavy atom. The summed E-state index contributed by atoms with van der Waals surface area (Å²) in [5.41, 5.74) is 19.2. The van der Waals surface area contributed by atoms with E-state index in [4.69, 9.17) is 15.8 Å². The maximum Gasteiger partial charge on any atom is 0.333 e. The number of nitrogens with zero attached hydrogens (tertiary/aromatic N) is 8. The normalized spacial score (nSPS) is 14.7. The number of aromatic nitrogens is 2. The van der Waals surface area contributed by atoms with Crippen LogP contribution in [0.2, 0.25) is 0 Å². The van der Waals surface area contributed by atoms with Crippen LogP contribution in [-0.4, -0.2) is 34.1 Å². The van der Waals surface area contributed by atoms with E-state index in [9.17, 15) is 9.59 Å². The Morgan fingerprint density at radius 1 is 1.37 bits per heavy atom. The first-order valence-electron chi connectivity index (χ1n) is 7.70. The maximum atomic E-state index is 13.1. The average molecular weight is 367 g/mol. The van der Waals surface area contributed by atoms with E-state index in [0.29, 0.717) is 16.8 Å². The summed E-state index contributed by atoms with van der Waals surface area (Å²) in [6.45, 7) is 0.125. The monoisotopic (exact) mass is 367 g/mol. The third kappa shape index (κ3) is 3.38. The molecule has 1 aliphatic rings. The van der Waals surface area contributed by atoms with Gasteiger partial charge in [-0.1, -0.05) is 10.2 Å². The Kier molecular flexibility index (Phi) is 4.93. The molecule has 0 saturated carbocycles. The molecule has 3 rings (SSSR count). The van der Waals surface area contributed by atoms with Gasteiger partial charge in [0.1, 0.15) is 0 Å². The number of methoxy groups -OCH3 is 1. The van der Waals surface area contributed by atoms with Gasteiger partial charge in [-0.25, -0.2) is 4.79 Å². The second-order valence-corrected chi connectivity index (χ2v) is 5.63. The second-order valence-electron chi connectivity index (χ2n) is 5.63. The SMILES string of the molecule is COC(=O)C1c2cn[nH]c2CN1C(=O)c1cc(CN=[N+]=[N-])cc(N=[N+]=[N-])c1. The summed E-state index contributed by atoms with van der Waals surface area (Å²) in [6.07, 6.45) is 1.48. The van der Waals surface area contributed by atoms with Gasteiger partial charge in [0.05, 0.1) is 32.1 Å². The van der Waals surface area contributed by atoms with Crippen molar-refractivity contribution in [2.75, 3.05) is 7.11 Å². The maximum absolute atomic E-state index is 13.1. The molecule has 0 saturated heterocycles. The molecule has 2 aromatic rings. The number of rotatable bonds is 5. The first-order valence-corrected chi connectivity index (χ1v) is 7.70. The number of azide groups is 2. The van der Waals surface area contributed by atoms with Crippen molar-refractivity contribution in [3.8, 4) is 0 Å². The van der Waals surface area contributed by atoms with Crippen molar-refractivity contribution in [2.24, 2.45) is 10.2 Å². The van der Waals surface area contributed by atoms with Gasteiger partial charge in [-0.3, -0.25) is 9.89 Å². The number of benzene rings is 1. The molecule has 1 atom stereocenters. The molecule has 1 N–H and O–H groups in total. The standard InChI is InChI=1S/C15H13N9O3/c1-27-15(26)13-11-6-18-21-12(11)7-24(13)14(25)9-2-8(5-19-22-16)3-10(4-9)20-23-17/h2-4,6,13H,5,7H2,1H3,(H,18,21). The van der Waals surface area contributed by atoms with Crippen molar-refractivity contribution in [1.82, 2.24) is 15.1 Å². The second kappa shape index (κ2) is 7.48. The van der Waals surface area contributed by atoms with Gasteiger partial charge >= 0.3 is 5.97 Å². The molecule has 12 heteroatoms. The van der Waals surface area contributed by atoms with E-state index >= 15 is 0 Å². The van der Waals surface area contributed by atoms with Gasteiger partial charge in [-0.15, -0.1) is 0 Å². The predicted octanol–water partition coefficient (Wildman–Crippen LogP) is 3.03. The van der Waals surface area contributed by atoms with Crippen LogP contribution in [0.4, 0.5) is 5.69 Å². The number of carbonyl (C=O) groups is 2. The van der Waals surface area contributed by atoms with E-state index in [1.54, 1.807) is 0 Å². The molecule has 0 aliphatic carbocycles. The lowest BCUT2D eigenvalue weighted by atomic mass is 10.1. The minimum atomic E-state index is -0.931. The quantitative estimate of drug-likeness (QED) is 0.370. The summed E-state index contributed by atoms with van der Waals surface area (Å²) in [6, 6.07) is 3.51. The molecule has 27 heavy (non-hydrogen) atoms. The zero-order chi connectivity index (χ0) is 19.4. The van der Waals surface area contributed by atoms with Crippen molar-refractivity contribution in [2.45, 2.75) is 19.1 Å². The largest absolute Gasteiger partial charge is 0.467 e. The number of hydrogen-bond acceptors (Lipinski definition) is 6. The van der Waals surface area contributed by atoms with E-state index in [2.05, 4.69) is 30.2 Å². The number of aromatic amines is 1.